The first kappa shape index (κ1) is 7.03. The quantitative estimate of drug-likeness (QED) is 0.564. The molecule has 0 N–H and O–H groups in total. The largest absolute Gasteiger partial charge is 0.353 e. The molecule has 0 aromatic rings. The molecule has 9 heavy (non-hydrogen) atoms. The van der Waals surface area contributed by atoms with Crippen molar-refractivity contribution in [3.8, 4) is 0 Å². The Balaban J connectivity index is 2.45. The lowest BCUT2D eigenvalue weighted by atomic mass is 10.1. The van der Waals surface area contributed by atoms with E-state index in [9.17, 15) is 0 Å². The first-order valence-corrected chi connectivity index (χ1v) is 3.52. The van der Waals surface area contributed by atoms with Crippen molar-refractivity contribution in [2.75, 3.05) is 13.7 Å². The van der Waals surface area contributed by atoms with Gasteiger partial charge in [0, 0.05) is 13.5 Å². The Kier molecular flexibility index (Phi) is 2.09. The lowest BCUT2D eigenvalue weighted by molar-refractivity contribution is -0.194. The Morgan fingerprint density at radius 2 is 2.44 bits per heavy atom. The third-order valence-electron chi connectivity index (χ3n) is 1.98. The molecule has 2 nitrogen and oxygen atoms in total. The third-order valence-corrected chi connectivity index (χ3v) is 1.98. The van der Waals surface area contributed by atoms with Crippen molar-refractivity contribution in [2.45, 2.75) is 32.0 Å². The smallest absolute Gasteiger partial charge is 0.167 e. The molecule has 1 fully saturated rings. The second-order valence-corrected chi connectivity index (χ2v) is 2.42. The van der Waals surface area contributed by atoms with Gasteiger partial charge in [-0.05, 0) is 12.8 Å². The van der Waals surface area contributed by atoms with E-state index in [2.05, 4.69) is 6.92 Å². The van der Waals surface area contributed by atoms with Crippen LogP contribution in [0.1, 0.15) is 26.2 Å². The minimum Gasteiger partial charge on any atom is -0.353 e. The van der Waals surface area contributed by atoms with Crippen LogP contribution >= 0.6 is 0 Å². The Hall–Kier alpha value is -0.0800. The van der Waals surface area contributed by atoms with Crippen LogP contribution in [0.2, 0.25) is 0 Å². The van der Waals surface area contributed by atoms with Crippen molar-refractivity contribution in [1.29, 1.82) is 0 Å². The monoisotopic (exact) mass is 130 g/mol. The van der Waals surface area contributed by atoms with E-state index in [1.165, 1.54) is 0 Å². The van der Waals surface area contributed by atoms with Gasteiger partial charge in [-0.3, -0.25) is 0 Å². The Bertz CT molecular complexity index is 78.9. The van der Waals surface area contributed by atoms with Gasteiger partial charge in [0.1, 0.15) is 0 Å². The molecule has 1 unspecified atom stereocenters. The summed E-state index contributed by atoms with van der Waals surface area (Å²) in [5.41, 5.74) is 0. The van der Waals surface area contributed by atoms with Crippen molar-refractivity contribution < 1.29 is 9.47 Å². The molecule has 0 spiro atoms. The van der Waals surface area contributed by atoms with E-state index in [-0.39, 0.29) is 5.79 Å². The number of hydrogen-bond acceptors (Lipinski definition) is 2. The second kappa shape index (κ2) is 2.67. The molecular weight excluding hydrogens is 116 g/mol. The lowest BCUT2D eigenvalue weighted by Crippen LogP contribution is -2.28. The van der Waals surface area contributed by atoms with Gasteiger partial charge in [-0.15, -0.1) is 0 Å². The standard InChI is InChI=1S/C7H14O2/c1-3-7(8-2)5-4-6-9-7/h3-6H2,1-2H3. The molecule has 0 saturated carbocycles. The highest BCUT2D eigenvalue weighted by Crippen LogP contribution is 2.28. The molecule has 54 valence electrons. The zero-order valence-electron chi connectivity index (χ0n) is 6.14. The fraction of sp³-hybridized carbons (Fsp3) is 1.00. The second-order valence-electron chi connectivity index (χ2n) is 2.42. The molecule has 1 heterocycles. The molecule has 1 aliphatic heterocycles. The summed E-state index contributed by atoms with van der Waals surface area (Å²) >= 11 is 0. The van der Waals surface area contributed by atoms with Crippen LogP contribution in [-0.4, -0.2) is 19.5 Å². The number of hydrogen-bond donors (Lipinski definition) is 0. The van der Waals surface area contributed by atoms with Crippen LogP contribution in [-0.2, 0) is 9.47 Å². The Morgan fingerprint density at radius 1 is 1.67 bits per heavy atom. The summed E-state index contributed by atoms with van der Waals surface area (Å²) in [4.78, 5) is 0. The van der Waals surface area contributed by atoms with Crippen LogP contribution in [0.25, 0.3) is 0 Å². The van der Waals surface area contributed by atoms with Gasteiger partial charge >= 0.3 is 0 Å². The van der Waals surface area contributed by atoms with Crippen molar-refractivity contribution in [2.24, 2.45) is 0 Å². The van der Waals surface area contributed by atoms with Gasteiger partial charge in [-0.1, -0.05) is 6.92 Å². The normalized spacial score (nSPS) is 35.3. The summed E-state index contributed by atoms with van der Waals surface area (Å²) < 4.78 is 10.6. The van der Waals surface area contributed by atoms with E-state index in [4.69, 9.17) is 9.47 Å². The average Bonchev–Trinajstić information content (AvgIpc) is 2.36. The molecule has 0 aliphatic carbocycles. The predicted octanol–water partition coefficient (Wildman–Crippen LogP) is 1.55. The summed E-state index contributed by atoms with van der Waals surface area (Å²) in [6.07, 6.45) is 3.16. The van der Waals surface area contributed by atoms with Gasteiger partial charge in [0.25, 0.3) is 0 Å². The highest BCUT2D eigenvalue weighted by Gasteiger charge is 2.32. The molecule has 0 aromatic heterocycles. The molecule has 1 atom stereocenters. The molecule has 1 saturated heterocycles. The van der Waals surface area contributed by atoms with Crippen LogP contribution < -0.4 is 0 Å². The number of methoxy groups -OCH3 is 1. The number of ether oxygens (including phenoxy) is 2. The van der Waals surface area contributed by atoms with Crippen LogP contribution in [0.4, 0.5) is 0 Å². The topological polar surface area (TPSA) is 18.5 Å². The SMILES string of the molecule is CCC1(OC)CCCO1. The summed E-state index contributed by atoms with van der Waals surface area (Å²) in [5, 5.41) is 0. The van der Waals surface area contributed by atoms with Crippen LogP contribution in [0.3, 0.4) is 0 Å². The van der Waals surface area contributed by atoms with E-state index in [0.29, 0.717) is 0 Å². The molecule has 0 amide bonds. The minimum absolute atomic E-state index is 0.222. The molecule has 0 aromatic carbocycles. The molecule has 1 aliphatic rings. The fourth-order valence-electron chi connectivity index (χ4n) is 1.26. The fourth-order valence-corrected chi connectivity index (χ4v) is 1.26. The molecule has 0 radical (unpaired) electrons. The van der Waals surface area contributed by atoms with Crippen molar-refractivity contribution in [3.63, 3.8) is 0 Å². The zero-order chi connectivity index (χ0) is 6.74. The van der Waals surface area contributed by atoms with Gasteiger partial charge in [-0.2, -0.15) is 0 Å². The minimum atomic E-state index is -0.222. The summed E-state index contributed by atoms with van der Waals surface area (Å²) in [7, 11) is 1.72. The van der Waals surface area contributed by atoms with Crippen molar-refractivity contribution in [3.05, 3.63) is 0 Å². The van der Waals surface area contributed by atoms with Gasteiger partial charge in [0.15, 0.2) is 5.79 Å². The van der Waals surface area contributed by atoms with Crippen LogP contribution in [0, 0.1) is 0 Å². The highest BCUT2D eigenvalue weighted by molar-refractivity contribution is 4.72. The first-order valence-electron chi connectivity index (χ1n) is 3.52. The van der Waals surface area contributed by atoms with E-state index in [0.717, 1.165) is 25.9 Å². The maximum absolute atomic E-state index is 5.42. The third kappa shape index (κ3) is 1.25. The zero-order valence-corrected chi connectivity index (χ0v) is 6.14. The van der Waals surface area contributed by atoms with Crippen molar-refractivity contribution >= 4 is 0 Å². The van der Waals surface area contributed by atoms with E-state index in [1.54, 1.807) is 7.11 Å². The van der Waals surface area contributed by atoms with E-state index in [1.807, 2.05) is 0 Å². The molecule has 2 heteroatoms. The highest BCUT2D eigenvalue weighted by atomic mass is 16.7. The van der Waals surface area contributed by atoms with Crippen LogP contribution in [0.5, 0.6) is 0 Å². The molecular formula is C7H14O2. The van der Waals surface area contributed by atoms with Crippen molar-refractivity contribution in [1.82, 2.24) is 0 Å². The van der Waals surface area contributed by atoms with E-state index >= 15 is 0 Å². The van der Waals surface area contributed by atoms with Gasteiger partial charge < -0.3 is 9.47 Å². The molecule has 0 bridgehead atoms. The number of rotatable bonds is 2. The van der Waals surface area contributed by atoms with Gasteiger partial charge in [0.05, 0.1) is 6.61 Å². The summed E-state index contributed by atoms with van der Waals surface area (Å²) in [6, 6.07) is 0. The maximum Gasteiger partial charge on any atom is 0.167 e. The first-order chi connectivity index (χ1) is 4.33. The molecule has 1 rings (SSSR count). The summed E-state index contributed by atoms with van der Waals surface area (Å²) in [5.74, 6) is -0.222. The van der Waals surface area contributed by atoms with E-state index < -0.39 is 0 Å². The van der Waals surface area contributed by atoms with Gasteiger partial charge in [-0.25, -0.2) is 0 Å². The average molecular weight is 130 g/mol. The van der Waals surface area contributed by atoms with Crippen LogP contribution in [0.15, 0.2) is 0 Å². The Labute approximate surface area is 56.2 Å². The predicted molar refractivity (Wildman–Crippen MR) is 35.2 cm³/mol. The Morgan fingerprint density at radius 3 is 2.67 bits per heavy atom. The lowest BCUT2D eigenvalue weighted by Gasteiger charge is -2.24. The maximum atomic E-state index is 5.42. The van der Waals surface area contributed by atoms with Gasteiger partial charge in [0.2, 0.25) is 0 Å². The summed E-state index contributed by atoms with van der Waals surface area (Å²) in [6.45, 7) is 2.95.